The number of hydrogen-bond donors (Lipinski definition) is 1. The zero-order chi connectivity index (χ0) is 8.81. The molecule has 1 N–H and O–H groups in total. The van der Waals surface area contributed by atoms with E-state index in [9.17, 15) is 0 Å². The van der Waals surface area contributed by atoms with Gasteiger partial charge >= 0.3 is 0 Å². The molecule has 1 aliphatic heterocycles. The first-order valence-electron chi connectivity index (χ1n) is 4.28. The predicted molar refractivity (Wildman–Crippen MR) is 50.3 cm³/mol. The molecule has 0 atom stereocenters. The lowest BCUT2D eigenvalue weighted by Crippen LogP contribution is -2.23. The molecule has 1 aliphatic rings. The van der Waals surface area contributed by atoms with E-state index >= 15 is 0 Å². The molecule has 0 aromatic heterocycles. The monoisotopic (exact) mass is 168 g/mol. The largest absolute Gasteiger partial charge is 0.399 e. The molecule has 0 aliphatic carbocycles. The van der Waals surface area contributed by atoms with Crippen molar-refractivity contribution in [1.82, 2.24) is 5.32 Å². The molecule has 0 saturated heterocycles. The van der Waals surface area contributed by atoms with E-state index in [4.69, 9.17) is 0 Å². The average Bonchev–Trinajstić information content (AvgIpc) is 2.06. The van der Waals surface area contributed by atoms with Crippen LogP contribution in [-0.2, 0) is 4.84 Å². The standard InChI is InChI=1S/C9H16N2O/c1-8(11-12-2)6-9-4-3-5-10-7-9/h4,10H,3,5-7H2,1-2H3/b11-8+. The molecule has 1 rings (SSSR count). The first kappa shape index (κ1) is 9.26. The molecule has 0 saturated carbocycles. The molecule has 0 unspecified atom stereocenters. The quantitative estimate of drug-likeness (QED) is 0.392. The van der Waals surface area contributed by atoms with Gasteiger partial charge in [0.25, 0.3) is 0 Å². The SMILES string of the molecule is CO/N=C(\C)CC1=CCCNC1. The highest BCUT2D eigenvalue weighted by molar-refractivity contribution is 5.83. The summed E-state index contributed by atoms with van der Waals surface area (Å²) in [6.45, 7) is 4.08. The van der Waals surface area contributed by atoms with Gasteiger partial charge in [-0.15, -0.1) is 0 Å². The van der Waals surface area contributed by atoms with E-state index in [1.807, 2.05) is 6.92 Å². The fourth-order valence-electron chi connectivity index (χ4n) is 1.35. The van der Waals surface area contributed by atoms with Gasteiger partial charge in [-0.05, 0) is 19.9 Å². The van der Waals surface area contributed by atoms with Gasteiger partial charge < -0.3 is 10.2 Å². The van der Waals surface area contributed by atoms with Gasteiger partial charge in [-0.3, -0.25) is 0 Å². The minimum absolute atomic E-state index is 0.931. The Hall–Kier alpha value is -0.830. The molecule has 68 valence electrons. The molecule has 0 radical (unpaired) electrons. The summed E-state index contributed by atoms with van der Waals surface area (Å²) in [6, 6.07) is 0. The van der Waals surface area contributed by atoms with Crippen molar-refractivity contribution >= 4 is 5.71 Å². The van der Waals surface area contributed by atoms with E-state index in [0.29, 0.717) is 0 Å². The molecule has 0 aromatic rings. The van der Waals surface area contributed by atoms with E-state index in [1.54, 1.807) is 7.11 Å². The maximum Gasteiger partial charge on any atom is 0.106 e. The third kappa shape index (κ3) is 3.05. The molecule has 12 heavy (non-hydrogen) atoms. The number of oxime groups is 1. The summed E-state index contributed by atoms with van der Waals surface area (Å²) in [4.78, 5) is 4.69. The van der Waals surface area contributed by atoms with Crippen molar-refractivity contribution in [2.75, 3.05) is 20.2 Å². The highest BCUT2D eigenvalue weighted by atomic mass is 16.6. The summed E-state index contributed by atoms with van der Waals surface area (Å²) in [5, 5.41) is 7.18. The minimum Gasteiger partial charge on any atom is -0.399 e. The lowest BCUT2D eigenvalue weighted by atomic mass is 10.1. The van der Waals surface area contributed by atoms with E-state index in [1.165, 1.54) is 5.57 Å². The van der Waals surface area contributed by atoms with Crippen molar-refractivity contribution in [3.8, 4) is 0 Å². The van der Waals surface area contributed by atoms with Crippen LogP contribution in [0.5, 0.6) is 0 Å². The third-order valence-electron chi connectivity index (χ3n) is 1.84. The Labute approximate surface area is 73.5 Å². The van der Waals surface area contributed by atoms with Crippen LogP contribution in [-0.4, -0.2) is 25.9 Å². The van der Waals surface area contributed by atoms with Gasteiger partial charge in [-0.1, -0.05) is 16.8 Å². The average molecular weight is 168 g/mol. The van der Waals surface area contributed by atoms with Crippen LogP contribution >= 0.6 is 0 Å². The molecular formula is C9H16N2O. The van der Waals surface area contributed by atoms with Crippen molar-refractivity contribution in [2.45, 2.75) is 19.8 Å². The van der Waals surface area contributed by atoms with Crippen LogP contribution in [0.2, 0.25) is 0 Å². The normalized spacial score (nSPS) is 18.8. The summed E-state index contributed by atoms with van der Waals surface area (Å²) >= 11 is 0. The summed E-state index contributed by atoms with van der Waals surface area (Å²) in [5.41, 5.74) is 2.45. The first-order valence-corrected chi connectivity index (χ1v) is 4.28. The van der Waals surface area contributed by atoms with Gasteiger partial charge in [0.15, 0.2) is 0 Å². The van der Waals surface area contributed by atoms with Gasteiger partial charge in [0.2, 0.25) is 0 Å². The van der Waals surface area contributed by atoms with Crippen molar-refractivity contribution in [2.24, 2.45) is 5.16 Å². The Morgan fingerprint density at radius 1 is 1.75 bits per heavy atom. The van der Waals surface area contributed by atoms with E-state index in [0.717, 1.165) is 31.6 Å². The van der Waals surface area contributed by atoms with Crippen LogP contribution in [0, 0.1) is 0 Å². The maximum absolute atomic E-state index is 4.69. The second kappa shape index (κ2) is 4.93. The Morgan fingerprint density at radius 2 is 2.58 bits per heavy atom. The summed E-state index contributed by atoms with van der Waals surface area (Å²) in [6.07, 6.45) is 4.35. The van der Waals surface area contributed by atoms with Crippen molar-refractivity contribution in [3.05, 3.63) is 11.6 Å². The van der Waals surface area contributed by atoms with Gasteiger partial charge in [0.05, 0.1) is 5.71 Å². The second-order valence-corrected chi connectivity index (χ2v) is 3.01. The summed E-state index contributed by atoms with van der Waals surface area (Å²) in [7, 11) is 1.58. The van der Waals surface area contributed by atoms with E-state index < -0.39 is 0 Å². The highest BCUT2D eigenvalue weighted by Crippen LogP contribution is 2.06. The van der Waals surface area contributed by atoms with Crippen LogP contribution in [0.3, 0.4) is 0 Å². The molecule has 3 nitrogen and oxygen atoms in total. The minimum atomic E-state index is 0.931. The molecule has 3 heteroatoms. The molecule has 1 heterocycles. The molecule has 0 amide bonds. The molecule has 0 fully saturated rings. The van der Waals surface area contributed by atoms with E-state index in [2.05, 4.69) is 21.4 Å². The number of nitrogens with one attached hydrogen (secondary N) is 1. The topological polar surface area (TPSA) is 33.6 Å². The molecule has 0 spiro atoms. The van der Waals surface area contributed by atoms with E-state index in [-0.39, 0.29) is 0 Å². The third-order valence-corrected chi connectivity index (χ3v) is 1.84. The van der Waals surface area contributed by atoms with Gasteiger partial charge in [-0.2, -0.15) is 0 Å². The zero-order valence-electron chi connectivity index (χ0n) is 7.76. The lowest BCUT2D eigenvalue weighted by molar-refractivity contribution is 0.212. The fraction of sp³-hybridized carbons (Fsp3) is 0.667. The van der Waals surface area contributed by atoms with Crippen LogP contribution in [0.1, 0.15) is 19.8 Å². The Balaban J connectivity index is 2.39. The van der Waals surface area contributed by atoms with Gasteiger partial charge in [-0.25, -0.2) is 0 Å². The molecule has 0 bridgehead atoms. The number of hydrogen-bond acceptors (Lipinski definition) is 3. The molecular weight excluding hydrogens is 152 g/mol. The van der Waals surface area contributed by atoms with Gasteiger partial charge in [0.1, 0.15) is 7.11 Å². The smallest absolute Gasteiger partial charge is 0.106 e. The number of rotatable bonds is 3. The fourth-order valence-corrected chi connectivity index (χ4v) is 1.35. The maximum atomic E-state index is 4.69. The Kier molecular flexibility index (Phi) is 3.80. The Bertz CT molecular complexity index is 197. The Morgan fingerprint density at radius 3 is 3.17 bits per heavy atom. The van der Waals surface area contributed by atoms with Gasteiger partial charge in [0, 0.05) is 13.0 Å². The highest BCUT2D eigenvalue weighted by Gasteiger charge is 2.03. The summed E-state index contributed by atoms with van der Waals surface area (Å²) in [5.74, 6) is 0. The number of nitrogens with zero attached hydrogens (tertiary/aromatic N) is 1. The van der Waals surface area contributed by atoms with Crippen LogP contribution in [0.15, 0.2) is 16.8 Å². The van der Waals surface area contributed by atoms with Crippen molar-refractivity contribution in [3.63, 3.8) is 0 Å². The summed E-state index contributed by atoms with van der Waals surface area (Å²) < 4.78 is 0. The molecule has 0 aromatic carbocycles. The second-order valence-electron chi connectivity index (χ2n) is 3.01. The van der Waals surface area contributed by atoms with Crippen molar-refractivity contribution < 1.29 is 4.84 Å². The van der Waals surface area contributed by atoms with Crippen LogP contribution in [0.4, 0.5) is 0 Å². The first-order chi connectivity index (χ1) is 5.83. The lowest BCUT2D eigenvalue weighted by Gasteiger charge is -2.13. The zero-order valence-corrected chi connectivity index (χ0v) is 7.76. The predicted octanol–water partition coefficient (Wildman–Crippen LogP) is 1.32. The van der Waals surface area contributed by atoms with Crippen LogP contribution in [0.25, 0.3) is 0 Å². The van der Waals surface area contributed by atoms with Crippen LogP contribution < -0.4 is 5.32 Å². The van der Waals surface area contributed by atoms with Crippen molar-refractivity contribution in [1.29, 1.82) is 0 Å².